The van der Waals surface area contributed by atoms with Gasteiger partial charge in [0.25, 0.3) is 0 Å². The lowest BCUT2D eigenvalue weighted by Crippen LogP contribution is -2.41. The minimum atomic E-state index is -0.609. The van der Waals surface area contributed by atoms with Crippen LogP contribution >= 0.6 is 0 Å². The van der Waals surface area contributed by atoms with E-state index in [1.54, 1.807) is 52.4 Å². The lowest BCUT2D eigenvalue weighted by Gasteiger charge is -2.24. The lowest BCUT2D eigenvalue weighted by molar-refractivity contribution is -0.122. The molecule has 2 aromatic heterocycles. The number of aromatic nitrogens is 3. The van der Waals surface area contributed by atoms with Gasteiger partial charge in [-0.1, -0.05) is 18.8 Å². The first kappa shape index (κ1) is 29.2. The number of carbonyl (C=O) groups excluding carboxylic acids is 2. The highest BCUT2D eigenvalue weighted by Crippen LogP contribution is 2.19. The van der Waals surface area contributed by atoms with E-state index in [0.717, 1.165) is 18.7 Å². The van der Waals surface area contributed by atoms with E-state index in [-0.39, 0.29) is 12.5 Å². The highest BCUT2D eigenvalue weighted by atomic mass is 16.6. The normalized spacial score (nSPS) is 10.5. The summed E-state index contributed by atoms with van der Waals surface area (Å²) in [5.41, 5.74) is 0.836. The molecular formula is C26H37N7O4. The Morgan fingerprint density at radius 2 is 1.97 bits per heavy atom. The van der Waals surface area contributed by atoms with Crippen molar-refractivity contribution in [2.24, 2.45) is 0 Å². The van der Waals surface area contributed by atoms with E-state index in [4.69, 9.17) is 9.47 Å². The largest absolute Gasteiger partial charge is 0.481 e. The van der Waals surface area contributed by atoms with E-state index in [0.29, 0.717) is 42.6 Å². The maximum Gasteiger partial charge on any atom is 0.410 e. The number of nitrogens with one attached hydrogen (secondary N) is 3. The second-order valence-electron chi connectivity index (χ2n) is 9.19. The summed E-state index contributed by atoms with van der Waals surface area (Å²) in [5.74, 6) is 7.53. The number of pyridine rings is 1. The SMILES string of the molecule is CCCNc1nc(Nc2ccnc(OC)c2)ncc1C#CCCCNC(=O)CN(C)C(=O)OC(C)(C)C. The molecule has 37 heavy (non-hydrogen) atoms. The van der Waals surface area contributed by atoms with Crippen LogP contribution < -0.4 is 20.7 Å². The van der Waals surface area contributed by atoms with Crippen molar-refractivity contribution in [3.8, 4) is 17.7 Å². The third kappa shape index (κ3) is 11.0. The third-order valence-corrected chi connectivity index (χ3v) is 4.64. The van der Waals surface area contributed by atoms with Crippen LogP contribution in [-0.4, -0.2) is 71.2 Å². The summed E-state index contributed by atoms with van der Waals surface area (Å²) in [6.45, 7) is 8.53. The zero-order valence-corrected chi connectivity index (χ0v) is 22.5. The Morgan fingerprint density at radius 1 is 1.19 bits per heavy atom. The molecule has 0 aliphatic heterocycles. The van der Waals surface area contributed by atoms with Gasteiger partial charge in [-0.3, -0.25) is 4.79 Å². The summed E-state index contributed by atoms with van der Waals surface area (Å²) in [6, 6.07) is 3.55. The van der Waals surface area contributed by atoms with Gasteiger partial charge >= 0.3 is 6.09 Å². The number of ether oxygens (including phenoxy) is 2. The molecule has 200 valence electrons. The molecule has 0 bridgehead atoms. The number of methoxy groups -OCH3 is 1. The van der Waals surface area contributed by atoms with Gasteiger partial charge in [-0.25, -0.2) is 14.8 Å². The third-order valence-electron chi connectivity index (χ3n) is 4.64. The van der Waals surface area contributed by atoms with Crippen molar-refractivity contribution in [1.82, 2.24) is 25.2 Å². The molecule has 2 rings (SSSR count). The molecule has 2 aromatic rings. The van der Waals surface area contributed by atoms with Crippen molar-refractivity contribution in [3.05, 3.63) is 30.1 Å². The van der Waals surface area contributed by atoms with E-state index in [1.165, 1.54) is 11.9 Å². The van der Waals surface area contributed by atoms with E-state index < -0.39 is 11.7 Å². The van der Waals surface area contributed by atoms with Crippen LogP contribution in [0.1, 0.15) is 52.5 Å². The average molecular weight is 512 g/mol. The van der Waals surface area contributed by atoms with Crippen molar-refractivity contribution in [3.63, 3.8) is 0 Å². The topological polar surface area (TPSA) is 131 Å². The molecule has 0 spiro atoms. The van der Waals surface area contributed by atoms with Gasteiger partial charge in [0, 0.05) is 44.5 Å². The van der Waals surface area contributed by atoms with Crippen LogP contribution in [0, 0.1) is 11.8 Å². The van der Waals surface area contributed by atoms with Crippen LogP contribution in [0.15, 0.2) is 24.5 Å². The Bertz CT molecular complexity index is 1110. The van der Waals surface area contributed by atoms with Gasteiger partial charge in [0.05, 0.1) is 18.9 Å². The number of anilines is 3. The van der Waals surface area contributed by atoms with Crippen LogP contribution in [0.25, 0.3) is 0 Å². The summed E-state index contributed by atoms with van der Waals surface area (Å²) in [5, 5.41) is 9.23. The van der Waals surface area contributed by atoms with Crippen LogP contribution in [0.5, 0.6) is 5.88 Å². The van der Waals surface area contributed by atoms with E-state index in [1.807, 2.05) is 0 Å². The van der Waals surface area contributed by atoms with Crippen LogP contribution in [0.3, 0.4) is 0 Å². The van der Waals surface area contributed by atoms with Crippen molar-refractivity contribution in [2.45, 2.75) is 52.6 Å². The second kappa shape index (κ2) is 14.5. The quantitative estimate of drug-likeness (QED) is 0.306. The summed E-state index contributed by atoms with van der Waals surface area (Å²) >= 11 is 0. The predicted molar refractivity (Wildman–Crippen MR) is 143 cm³/mol. The Balaban J connectivity index is 1.87. The zero-order chi connectivity index (χ0) is 27.3. The summed E-state index contributed by atoms with van der Waals surface area (Å²) in [6.07, 6.45) is 4.95. The fraction of sp³-hybridized carbons (Fsp3) is 0.500. The molecule has 0 radical (unpaired) electrons. The fourth-order valence-electron chi connectivity index (χ4n) is 2.88. The van der Waals surface area contributed by atoms with Gasteiger partial charge in [-0.15, -0.1) is 0 Å². The highest BCUT2D eigenvalue weighted by Gasteiger charge is 2.20. The van der Waals surface area contributed by atoms with Gasteiger partial charge < -0.3 is 30.3 Å². The Hall–Kier alpha value is -4.07. The maximum atomic E-state index is 12.1. The average Bonchev–Trinajstić information content (AvgIpc) is 2.84. The first-order valence-electron chi connectivity index (χ1n) is 12.2. The monoisotopic (exact) mass is 511 g/mol. The molecule has 0 atom stereocenters. The number of hydrogen-bond donors (Lipinski definition) is 3. The Labute approximate surface area is 218 Å². The first-order valence-corrected chi connectivity index (χ1v) is 12.2. The molecule has 0 fully saturated rings. The molecule has 0 saturated carbocycles. The molecule has 0 aliphatic rings. The molecule has 2 heterocycles. The summed E-state index contributed by atoms with van der Waals surface area (Å²) in [4.78, 5) is 38.3. The number of hydrogen-bond acceptors (Lipinski definition) is 9. The maximum absolute atomic E-state index is 12.1. The molecule has 0 unspecified atom stereocenters. The fourth-order valence-corrected chi connectivity index (χ4v) is 2.88. The second-order valence-corrected chi connectivity index (χ2v) is 9.19. The summed E-state index contributed by atoms with van der Waals surface area (Å²) in [7, 11) is 3.09. The van der Waals surface area contributed by atoms with Crippen molar-refractivity contribution in [2.75, 3.05) is 44.4 Å². The number of likely N-dealkylation sites (N-methyl/N-ethyl adjacent to an activating group) is 1. The number of amides is 2. The predicted octanol–water partition coefficient (Wildman–Crippen LogP) is 3.56. The van der Waals surface area contributed by atoms with Crippen molar-refractivity contribution in [1.29, 1.82) is 0 Å². The smallest absolute Gasteiger partial charge is 0.410 e. The number of carbonyl (C=O) groups is 2. The van der Waals surface area contributed by atoms with Crippen LogP contribution in [0.4, 0.5) is 22.2 Å². The van der Waals surface area contributed by atoms with Crippen LogP contribution in [0.2, 0.25) is 0 Å². The zero-order valence-electron chi connectivity index (χ0n) is 22.5. The van der Waals surface area contributed by atoms with Crippen molar-refractivity contribution < 1.29 is 19.1 Å². The lowest BCUT2D eigenvalue weighted by atomic mass is 10.2. The van der Waals surface area contributed by atoms with Gasteiger partial charge in [-0.05, 0) is 39.7 Å². The number of rotatable bonds is 11. The van der Waals surface area contributed by atoms with Crippen molar-refractivity contribution >= 4 is 29.5 Å². The number of unbranched alkanes of at least 4 members (excludes halogenated alkanes) is 1. The van der Waals surface area contributed by atoms with Crippen LogP contribution in [-0.2, 0) is 9.53 Å². The first-order chi connectivity index (χ1) is 17.6. The van der Waals surface area contributed by atoms with Gasteiger partial charge in [0.1, 0.15) is 18.0 Å². The highest BCUT2D eigenvalue weighted by molar-refractivity contribution is 5.82. The Kier molecular flexibility index (Phi) is 11.4. The van der Waals surface area contributed by atoms with E-state index >= 15 is 0 Å². The minimum Gasteiger partial charge on any atom is -0.481 e. The van der Waals surface area contributed by atoms with E-state index in [2.05, 4.69) is 49.7 Å². The minimum absolute atomic E-state index is 0.0724. The Morgan fingerprint density at radius 3 is 2.68 bits per heavy atom. The molecule has 11 nitrogen and oxygen atoms in total. The molecule has 0 saturated heterocycles. The van der Waals surface area contributed by atoms with Gasteiger partial charge in [-0.2, -0.15) is 4.98 Å². The van der Waals surface area contributed by atoms with Gasteiger partial charge in [0.2, 0.25) is 17.7 Å². The molecule has 3 N–H and O–H groups in total. The number of nitrogens with zero attached hydrogens (tertiary/aromatic N) is 4. The van der Waals surface area contributed by atoms with Gasteiger partial charge in [0.15, 0.2) is 0 Å². The molecular weight excluding hydrogens is 474 g/mol. The summed E-state index contributed by atoms with van der Waals surface area (Å²) < 4.78 is 10.4. The molecule has 0 aliphatic carbocycles. The van der Waals surface area contributed by atoms with E-state index in [9.17, 15) is 9.59 Å². The molecule has 11 heteroatoms. The molecule has 2 amide bonds. The molecule has 0 aromatic carbocycles. The standard InChI is InChI=1S/C26H37N7O4/c1-7-13-29-23-19(17-30-24(32-23)31-20-12-15-28-22(16-20)36-6)11-9-8-10-14-27-21(34)18-33(5)25(35)37-26(2,3)4/h12,15-17H,7-8,10,13-14,18H2,1-6H3,(H,27,34)(H2,28,29,30,31,32).